The van der Waals surface area contributed by atoms with E-state index in [9.17, 15) is 9.59 Å². The molecule has 160 valence electrons. The Kier molecular flexibility index (Phi) is 6.74. The molecule has 0 spiro atoms. The van der Waals surface area contributed by atoms with Gasteiger partial charge in [0.05, 0.1) is 5.41 Å². The molecule has 1 saturated carbocycles. The number of nitrogens with zero attached hydrogens (tertiary/aromatic N) is 2. The Morgan fingerprint density at radius 2 is 1.86 bits per heavy atom. The third-order valence-electron chi connectivity index (χ3n) is 5.52. The fraction of sp³-hybridized carbons (Fsp3) is 0.636. The SMILES string of the molecule is CC(C)(C)OC(=O)N1CCN(CCCNC(=O)C2(c3cccc(Cl)c3)CC2)CC1. The lowest BCUT2D eigenvalue weighted by Gasteiger charge is -2.35. The molecular weight excluding hydrogens is 390 g/mol. The fourth-order valence-electron chi connectivity index (χ4n) is 3.71. The summed E-state index contributed by atoms with van der Waals surface area (Å²) < 4.78 is 5.43. The molecule has 6 nitrogen and oxygen atoms in total. The Labute approximate surface area is 178 Å². The zero-order valence-corrected chi connectivity index (χ0v) is 18.4. The summed E-state index contributed by atoms with van der Waals surface area (Å²) in [5.41, 5.74) is 0.168. The molecule has 2 fully saturated rings. The third-order valence-corrected chi connectivity index (χ3v) is 5.76. The molecule has 1 N–H and O–H groups in total. The molecule has 0 aromatic heterocycles. The van der Waals surface area contributed by atoms with Gasteiger partial charge in [-0.05, 0) is 64.3 Å². The molecule has 2 amide bonds. The maximum atomic E-state index is 12.7. The Hall–Kier alpha value is -1.79. The summed E-state index contributed by atoms with van der Waals surface area (Å²) in [5, 5.41) is 3.78. The van der Waals surface area contributed by atoms with Crippen molar-refractivity contribution < 1.29 is 14.3 Å². The van der Waals surface area contributed by atoms with E-state index in [1.165, 1.54) is 0 Å². The number of piperazine rings is 1. The van der Waals surface area contributed by atoms with Gasteiger partial charge in [-0.3, -0.25) is 9.69 Å². The Balaban J connectivity index is 1.35. The van der Waals surface area contributed by atoms with Gasteiger partial charge < -0.3 is 15.0 Å². The average molecular weight is 422 g/mol. The van der Waals surface area contributed by atoms with Crippen molar-refractivity contribution in [1.29, 1.82) is 0 Å². The van der Waals surface area contributed by atoms with Gasteiger partial charge in [-0.15, -0.1) is 0 Å². The predicted molar refractivity (Wildman–Crippen MR) is 114 cm³/mol. The summed E-state index contributed by atoms with van der Waals surface area (Å²) >= 11 is 6.09. The number of benzene rings is 1. The van der Waals surface area contributed by atoms with Crippen molar-refractivity contribution in [2.75, 3.05) is 39.3 Å². The van der Waals surface area contributed by atoms with Crippen molar-refractivity contribution >= 4 is 23.6 Å². The van der Waals surface area contributed by atoms with Crippen LogP contribution >= 0.6 is 11.6 Å². The summed E-state index contributed by atoms with van der Waals surface area (Å²) in [4.78, 5) is 28.9. The highest BCUT2D eigenvalue weighted by molar-refractivity contribution is 6.30. The summed E-state index contributed by atoms with van der Waals surface area (Å²) in [6.07, 6.45) is 2.42. The molecule has 29 heavy (non-hydrogen) atoms. The number of hydrogen-bond acceptors (Lipinski definition) is 4. The maximum absolute atomic E-state index is 12.7. The van der Waals surface area contributed by atoms with Crippen molar-refractivity contribution in [2.24, 2.45) is 0 Å². The molecule has 2 aliphatic rings. The minimum absolute atomic E-state index is 0.106. The van der Waals surface area contributed by atoms with E-state index in [4.69, 9.17) is 16.3 Å². The first kappa shape index (κ1) is 21.9. The van der Waals surface area contributed by atoms with Gasteiger partial charge in [0, 0.05) is 37.7 Å². The fourth-order valence-corrected chi connectivity index (χ4v) is 3.90. The molecule has 0 bridgehead atoms. The average Bonchev–Trinajstić information content (AvgIpc) is 3.46. The second kappa shape index (κ2) is 8.92. The molecule has 0 atom stereocenters. The third kappa shape index (κ3) is 5.86. The molecule has 3 rings (SSSR count). The molecule has 1 aromatic rings. The van der Waals surface area contributed by atoms with Gasteiger partial charge in [0.25, 0.3) is 0 Å². The Bertz CT molecular complexity index is 735. The molecule has 7 heteroatoms. The number of carbonyl (C=O) groups excluding carboxylic acids is 2. The van der Waals surface area contributed by atoms with E-state index in [-0.39, 0.29) is 17.4 Å². The lowest BCUT2D eigenvalue weighted by Crippen LogP contribution is -2.50. The van der Waals surface area contributed by atoms with Crippen LogP contribution in [0.5, 0.6) is 0 Å². The quantitative estimate of drug-likeness (QED) is 0.715. The summed E-state index contributed by atoms with van der Waals surface area (Å²) in [6, 6.07) is 7.63. The van der Waals surface area contributed by atoms with Crippen molar-refractivity contribution in [3.63, 3.8) is 0 Å². The maximum Gasteiger partial charge on any atom is 0.410 e. The van der Waals surface area contributed by atoms with E-state index >= 15 is 0 Å². The van der Waals surface area contributed by atoms with E-state index in [2.05, 4.69) is 10.2 Å². The normalized spacial score (nSPS) is 19.0. The van der Waals surface area contributed by atoms with Crippen molar-refractivity contribution in [1.82, 2.24) is 15.1 Å². The van der Waals surface area contributed by atoms with Crippen LogP contribution in [-0.4, -0.2) is 66.7 Å². The number of carbonyl (C=O) groups is 2. The molecule has 1 aliphatic heterocycles. The highest BCUT2D eigenvalue weighted by Crippen LogP contribution is 2.48. The topological polar surface area (TPSA) is 61.9 Å². The van der Waals surface area contributed by atoms with Crippen LogP contribution < -0.4 is 5.32 Å². The molecule has 1 heterocycles. The van der Waals surface area contributed by atoms with E-state index < -0.39 is 5.60 Å². The van der Waals surface area contributed by atoms with Crippen LogP contribution in [0.25, 0.3) is 0 Å². The molecular formula is C22H32ClN3O3. The minimum Gasteiger partial charge on any atom is -0.444 e. The van der Waals surface area contributed by atoms with Crippen LogP contribution in [-0.2, 0) is 14.9 Å². The highest BCUT2D eigenvalue weighted by atomic mass is 35.5. The largest absolute Gasteiger partial charge is 0.444 e. The standard InChI is InChI=1S/C22H32ClN3O3/c1-21(2,3)29-20(28)26-14-12-25(13-15-26)11-5-10-24-19(27)22(8-9-22)17-6-4-7-18(23)16-17/h4,6-7,16H,5,8-15H2,1-3H3,(H,24,27). The first-order chi connectivity index (χ1) is 13.7. The van der Waals surface area contributed by atoms with Gasteiger partial charge in [-0.2, -0.15) is 0 Å². The number of rotatable bonds is 6. The first-order valence-corrected chi connectivity index (χ1v) is 10.8. The second-order valence-electron chi connectivity index (χ2n) is 9.01. The van der Waals surface area contributed by atoms with Gasteiger partial charge in [0.2, 0.25) is 5.91 Å². The van der Waals surface area contributed by atoms with Crippen LogP contribution in [0.4, 0.5) is 4.79 Å². The molecule has 1 aliphatic carbocycles. The Morgan fingerprint density at radius 3 is 2.45 bits per heavy atom. The second-order valence-corrected chi connectivity index (χ2v) is 9.45. The van der Waals surface area contributed by atoms with Gasteiger partial charge in [0.15, 0.2) is 0 Å². The molecule has 0 unspecified atom stereocenters. The van der Waals surface area contributed by atoms with Crippen molar-refractivity contribution in [3.05, 3.63) is 34.9 Å². The van der Waals surface area contributed by atoms with Gasteiger partial charge in [-0.1, -0.05) is 23.7 Å². The highest BCUT2D eigenvalue weighted by Gasteiger charge is 2.51. The van der Waals surface area contributed by atoms with Crippen LogP contribution in [0.1, 0.15) is 45.6 Å². The zero-order valence-electron chi connectivity index (χ0n) is 17.7. The number of nitrogens with one attached hydrogen (secondary N) is 1. The van der Waals surface area contributed by atoms with Crippen LogP contribution in [0.2, 0.25) is 5.02 Å². The van der Waals surface area contributed by atoms with Crippen LogP contribution in [0, 0.1) is 0 Å². The first-order valence-electron chi connectivity index (χ1n) is 10.4. The lowest BCUT2D eigenvalue weighted by molar-refractivity contribution is -0.123. The number of ether oxygens (including phenoxy) is 1. The van der Waals surface area contributed by atoms with Gasteiger partial charge in [0.1, 0.15) is 5.60 Å². The van der Waals surface area contributed by atoms with Crippen molar-refractivity contribution in [2.45, 2.75) is 51.0 Å². The lowest BCUT2D eigenvalue weighted by atomic mass is 9.95. The van der Waals surface area contributed by atoms with Gasteiger partial charge in [-0.25, -0.2) is 4.79 Å². The van der Waals surface area contributed by atoms with Crippen LogP contribution in [0.3, 0.4) is 0 Å². The Morgan fingerprint density at radius 1 is 1.17 bits per heavy atom. The van der Waals surface area contributed by atoms with E-state index in [1.807, 2.05) is 45.0 Å². The van der Waals surface area contributed by atoms with E-state index in [0.29, 0.717) is 24.7 Å². The molecule has 1 saturated heterocycles. The summed E-state index contributed by atoms with van der Waals surface area (Å²) in [6.45, 7) is 10.2. The number of hydrogen-bond donors (Lipinski definition) is 1. The summed E-state index contributed by atoms with van der Waals surface area (Å²) in [5.74, 6) is 0.106. The number of halogens is 1. The zero-order chi connectivity index (χ0) is 21.1. The monoisotopic (exact) mass is 421 g/mol. The number of amides is 2. The van der Waals surface area contributed by atoms with Crippen molar-refractivity contribution in [3.8, 4) is 0 Å². The summed E-state index contributed by atoms with van der Waals surface area (Å²) in [7, 11) is 0. The molecule has 1 aromatic carbocycles. The predicted octanol–water partition coefficient (Wildman–Crippen LogP) is 3.43. The smallest absolute Gasteiger partial charge is 0.410 e. The van der Waals surface area contributed by atoms with E-state index in [0.717, 1.165) is 44.5 Å². The van der Waals surface area contributed by atoms with Crippen LogP contribution in [0.15, 0.2) is 24.3 Å². The molecule has 0 radical (unpaired) electrons. The minimum atomic E-state index is -0.462. The van der Waals surface area contributed by atoms with E-state index in [1.54, 1.807) is 4.90 Å². The van der Waals surface area contributed by atoms with Gasteiger partial charge >= 0.3 is 6.09 Å².